The van der Waals surface area contributed by atoms with Crippen LogP contribution in [0, 0.1) is 12.8 Å². The molecule has 0 saturated heterocycles. The molecule has 0 amide bonds. The molecule has 1 aromatic heterocycles. The molecule has 0 spiro atoms. The first-order valence-corrected chi connectivity index (χ1v) is 6.31. The van der Waals surface area contributed by atoms with Crippen molar-refractivity contribution in [3.05, 3.63) is 18.0 Å². The highest BCUT2D eigenvalue weighted by Crippen LogP contribution is 2.17. The van der Waals surface area contributed by atoms with Gasteiger partial charge < -0.3 is 0 Å². The minimum Gasteiger partial charge on any atom is -0.231 e. The van der Waals surface area contributed by atoms with Crippen LogP contribution in [0.2, 0.25) is 0 Å². The van der Waals surface area contributed by atoms with Crippen molar-refractivity contribution in [1.82, 2.24) is 9.97 Å². The number of halogens is 1. The zero-order valence-electron chi connectivity index (χ0n) is 7.83. The summed E-state index contributed by atoms with van der Waals surface area (Å²) in [5.74, 6) is 1.73. The van der Waals surface area contributed by atoms with Crippen molar-refractivity contribution in [2.45, 2.75) is 19.0 Å². The smallest absolute Gasteiger partial charge is 0.187 e. The van der Waals surface area contributed by atoms with E-state index in [9.17, 15) is 0 Å². The van der Waals surface area contributed by atoms with Crippen molar-refractivity contribution in [2.75, 3.05) is 11.1 Å². The van der Waals surface area contributed by atoms with E-state index in [0.717, 1.165) is 21.9 Å². The van der Waals surface area contributed by atoms with Crippen molar-refractivity contribution >= 4 is 27.7 Å². The molecule has 72 valence electrons. The van der Waals surface area contributed by atoms with Gasteiger partial charge in [0.05, 0.1) is 0 Å². The molecule has 4 heteroatoms. The normalized spacial score (nSPS) is 12.8. The second-order valence-corrected chi connectivity index (χ2v) is 4.69. The van der Waals surface area contributed by atoms with Gasteiger partial charge in [-0.05, 0) is 18.9 Å². The molecule has 0 aliphatic rings. The Morgan fingerprint density at radius 1 is 1.62 bits per heavy atom. The lowest BCUT2D eigenvalue weighted by Crippen LogP contribution is -2.00. The van der Waals surface area contributed by atoms with Gasteiger partial charge in [-0.2, -0.15) is 0 Å². The molecule has 2 nitrogen and oxygen atoms in total. The zero-order valence-corrected chi connectivity index (χ0v) is 10.2. The van der Waals surface area contributed by atoms with E-state index in [4.69, 9.17) is 0 Å². The number of aryl methyl sites for hydroxylation is 1. The Bertz CT molecular complexity index is 268. The lowest BCUT2D eigenvalue weighted by atomic mass is 10.3. The molecule has 1 heterocycles. The van der Waals surface area contributed by atoms with Crippen LogP contribution < -0.4 is 0 Å². The SMILES string of the molecule is Cc1ccnc(SCC(C)CBr)n1. The first-order chi connectivity index (χ1) is 6.22. The molecule has 0 aliphatic heterocycles. The average Bonchev–Trinajstić information content (AvgIpc) is 2.14. The average molecular weight is 261 g/mol. The summed E-state index contributed by atoms with van der Waals surface area (Å²) in [6.07, 6.45) is 1.81. The van der Waals surface area contributed by atoms with Gasteiger partial charge in [0, 0.05) is 23.0 Å². The van der Waals surface area contributed by atoms with E-state index in [-0.39, 0.29) is 0 Å². The molecule has 0 aliphatic carbocycles. The molecule has 13 heavy (non-hydrogen) atoms. The van der Waals surface area contributed by atoms with Crippen LogP contribution in [-0.4, -0.2) is 21.1 Å². The van der Waals surface area contributed by atoms with Crippen LogP contribution in [0.15, 0.2) is 17.4 Å². The third-order valence-corrected chi connectivity index (χ3v) is 3.83. The third kappa shape index (κ3) is 4.09. The van der Waals surface area contributed by atoms with Crippen LogP contribution in [0.3, 0.4) is 0 Å². The van der Waals surface area contributed by atoms with E-state index >= 15 is 0 Å². The summed E-state index contributed by atoms with van der Waals surface area (Å²) < 4.78 is 0. The predicted octanol–water partition coefficient (Wildman–Crippen LogP) is 2.91. The van der Waals surface area contributed by atoms with Gasteiger partial charge in [-0.25, -0.2) is 9.97 Å². The van der Waals surface area contributed by atoms with Gasteiger partial charge in [-0.15, -0.1) is 0 Å². The van der Waals surface area contributed by atoms with Crippen LogP contribution in [0.5, 0.6) is 0 Å². The summed E-state index contributed by atoms with van der Waals surface area (Å²) in [6, 6.07) is 1.91. The van der Waals surface area contributed by atoms with Gasteiger partial charge in [0.15, 0.2) is 5.16 Å². The molecule has 1 unspecified atom stereocenters. The van der Waals surface area contributed by atoms with Gasteiger partial charge >= 0.3 is 0 Å². The van der Waals surface area contributed by atoms with Gasteiger partial charge in [-0.3, -0.25) is 0 Å². The number of aromatic nitrogens is 2. The second-order valence-electron chi connectivity index (χ2n) is 3.05. The molecule has 0 N–H and O–H groups in total. The Morgan fingerprint density at radius 3 is 3.00 bits per heavy atom. The third-order valence-electron chi connectivity index (χ3n) is 1.53. The predicted molar refractivity (Wildman–Crippen MR) is 60.5 cm³/mol. The minimum atomic E-state index is 0.661. The lowest BCUT2D eigenvalue weighted by Gasteiger charge is -2.05. The fourth-order valence-electron chi connectivity index (χ4n) is 0.757. The Morgan fingerprint density at radius 2 is 2.38 bits per heavy atom. The summed E-state index contributed by atoms with van der Waals surface area (Å²) in [5.41, 5.74) is 1.03. The van der Waals surface area contributed by atoms with E-state index in [1.54, 1.807) is 11.8 Å². The van der Waals surface area contributed by atoms with Crippen molar-refractivity contribution in [2.24, 2.45) is 5.92 Å². The summed E-state index contributed by atoms with van der Waals surface area (Å²) in [4.78, 5) is 8.50. The topological polar surface area (TPSA) is 25.8 Å². The maximum Gasteiger partial charge on any atom is 0.187 e. The Hall–Kier alpha value is -0.0900. The van der Waals surface area contributed by atoms with Gasteiger partial charge in [0.1, 0.15) is 0 Å². The van der Waals surface area contributed by atoms with E-state index in [1.807, 2.05) is 19.2 Å². The molecule has 0 aromatic carbocycles. The zero-order chi connectivity index (χ0) is 9.68. The fourth-order valence-corrected chi connectivity index (χ4v) is 2.18. The summed E-state index contributed by atoms with van der Waals surface area (Å²) in [7, 11) is 0. The number of thioether (sulfide) groups is 1. The highest BCUT2D eigenvalue weighted by atomic mass is 79.9. The molecular formula is C9H13BrN2S. The summed E-state index contributed by atoms with van der Waals surface area (Å²) >= 11 is 5.16. The first-order valence-electron chi connectivity index (χ1n) is 4.20. The second kappa shape index (κ2) is 5.60. The van der Waals surface area contributed by atoms with Crippen LogP contribution in [-0.2, 0) is 0 Å². The summed E-state index contributed by atoms with van der Waals surface area (Å²) in [6.45, 7) is 4.19. The fraction of sp³-hybridized carbons (Fsp3) is 0.556. The van der Waals surface area contributed by atoms with Gasteiger partial charge in [0.2, 0.25) is 0 Å². The maximum absolute atomic E-state index is 4.32. The molecule has 0 fully saturated rings. The van der Waals surface area contributed by atoms with Crippen molar-refractivity contribution in [1.29, 1.82) is 0 Å². The van der Waals surface area contributed by atoms with Gasteiger partial charge in [-0.1, -0.05) is 34.6 Å². The first kappa shape index (κ1) is 11.0. The lowest BCUT2D eigenvalue weighted by molar-refractivity contribution is 0.766. The molecule has 1 aromatic rings. The highest BCUT2D eigenvalue weighted by molar-refractivity contribution is 9.09. The number of nitrogens with zero attached hydrogens (tertiary/aromatic N) is 2. The number of alkyl halides is 1. The number of hydrogen-bond donors (Lipinski definition) is 0. The molecule has 0 bridgehead atoms. The monoisotopic (exact) mass is 260 g/mol. The minimum absolute atomic E-state index is 0.661. The van der Waals surface area contributed by atoms with Crippen LogP contribution in [0.25, 0.3) is 0 Å². The Balaban J connectivity index is 2.45. The quantitative estimate of drug-likeness (QED) is 0.473. The van der Waals surface area contributed by atoms with E-state index in [2.05, 4.69) is 32.8 Å². The Labute approximate surface area is 91.7 Å². The molecule has 0 saturated carbocycles. The van der Waals surface area contributed by atoms with Crippen molar-refractivity contribution < 1.29 is 0 Å². The van der Waals surface area contributed by atoms with E-state index < -0.39 is 0 Å². The van der Waals surface area contributed by atoms with E-state index in [0.29, 0.717) is 5.92 Å². The maximum atomic E-state index is 4.32. The van der Waals surface area contributed by atoms with Crippen LogP contribution in [0.4, 0.5) is 0 Å². The van der Waals surface area contributed by atoms with E-state index in [1.165, 1.54) is 0 Å². The van der Waals surface area contributed by atoms with Crippen LogP contribution >= 0.6 is 27.7 Å². The Kier molecular flexibility index (Phi) is 4.73. The largest absolute Gasteiger partial charge is 0.231 e. The van der Waals surface area contributed by atoms with Gasteiger partial charge in [0.25, 0.3) is 0 Å². The summed E-state index contributed by atoms with van der Waals surface area (Å²) in [5, 5.41) is 1.92. The standard InChI is InChI=1S/C9H13BrN2S/c1-7(5-10)6-13-9-11-4-3-8(2)12-9/h3-4,7H,5-6H2,1-2H3. The molecule has 1 atom stereocenters. The number of hydrogen-bond acceptors (Lipinski definition) is 3. The highest BCUT2D eigenvalue weighted by Gasteiger charge is 2.02. The number of rotatable bonds is 4. The molecule has 0 radical (unpaired) electrons. The van der Waals surface area contributed by atoms with Crippen molar-refractivity contribution in [3.63, 3.8) is 0 Å². The molecular weight excluding hydrogens is 248 g/mol. The molecule has 1 rings (SSSR count). The van der Waals surface area contributed by atoms with Crippen molar-refractivity contribution in [3.8, 4) is 0 Å². The van der Waals surface area contributed by atoms with Crippen LogP contribution in [0.1, 0.15) is 12.6 Å².